The molecule has 23 heavy (non-hydrogen) atoms. The summed E-state index contributed by atoms with van der Waals surface area (Å²) in [6.45, 7) is 5.70. The molecule has 2 rings (SSSR count). The Bertz CT molecular complexity index is 606. The smallest absolute Gasteiger partial charge is 0.237 e. The normalized spacial score (nSPS) is 12.3. The highest BCUT2D eigenvalue weighted by Crippen LogP contribution is 2.05. The summed E-state index contributed by atoms with van der Waals surface area (Å²) in [5, 5.41) is 2.88. The van der Waals surface area contributed by atoms with Crippen molar-refractivity contribution >= 4 is 5.91 Å². The van der Waals surface area contributed by atoms with E-state index in [1.54, 1.807) is 6.33 Å². The highest BCUT2D eigenvalue weighted by atomic mass is 16.2. The number of carbonyl (C=O) groups is 1. The Balaban J connectivity index is 1.82. The van der Waals surface area contributed by atoms with E-state index in [4.69, 9.17) is 5.73 Å². The lowest BCUT2D eigenvalue weighted by molar-refractivity contribution is -0.122. The maximum Gasteiger partial charge on any atom is 0.237 e. The molecule has 1 atom stereocenters. The molecule has 5 heteroatoms. The van der Waals surface area contributed by atoms with Crippen LogP contribution in [-0.4, -0.2) is 28.0 Å². The summed E-state index contributed by atoms with van der Waals surface area (Å²) in [6, 6.07) is 9.64. The molecule has 1 aromatic heterocycles. The summed E-state index contributed by atoms with van der Waals surface area (Å²) in [6.07, 6.45) is 5.15. The average Bonchev–Trinajstić information content (AvgIpc) is 2.94. The fraction of sp³-hybridized carbons (Fsp3) is 0.444. The van der Waals surface area contributed by atoms with Crippen LogP contribution >= 0.6 is 0 Å². The van der Waals surface area contributed by atoms with Crippen molar-refractivity contribution < 1.29 is 4.79 Å². The third-order valence-corrected chi connectivity index (χ3v) is 3.68. The molecule has 0 radical (unpaired) electrons. The van der Waals surface area contributed by atoms with Crippen LogP contribution < -0.4 is 11.1 Å². The van der Waals surface area contributed by atoms with E-state index >= 15 is 0 Å². The first kappa shape index (κ1) is 17.2. The van der Waals surface area contributed by atoms with Crippen LogP contribution in [0.5, 0.6) is 0 Å². The Hall–Kier alpha value is -2.14. The number of rotatable bonds is 8. The minimum Gasteiger partial charge on any atom is -0.355 e. The number of nitrogens with two attached hydrogens (primary N) is 1. The van der Waals surface area contributed by atoms with Crippen molar-refractivity contribution in [2.24, 2.45) is 11.7 Å². The highest BCUT2D eigenvalue weighted by molar-refractivity contribution is 5.81. The average molecular weight is 314 g/mol. The van der Waals surface area contributed by atoms with Gasteiger partial charge in [-0.15, -0.1) is 0 Å². The van der Waals surface area contributed by atoms with E-state index in [1.807, 2.05) is 29.0 Å². The first-order valence-electron chi connectivity index (χ1n) is 8.12. The predicted molar refractivity (Wildman–Crippen MR) is 91.9 cm³/mol. The molecule has 0 bridgehead atoms. The maximum atomic E-state index is 12.0. The summed E-state index contributed by atoms with van der Waals surface area (Å²) in [5.74, 6) is 0.462. The Morgan fingerprint density at radius 2 is 2.04 bits per heavy atom. The van der Waals surface area contributed by atoms with Gasteiger partial charge in [0.1, 0.15) is 0 Å². The van der Waals surface area contributed by atoms with Crippen LogP contribution in [0, 0.1) is 5.92 Å². The molecular formula is C18H26N4O. The lowest BCUT2D eigenvalue weighted by Crippen LogP contribution is -2.42. The standard InChI is InChI=1S/C18H26N4O/c1-14(2)8-9-20-18(23)17(19)10-16-12-22(13-21-16)11-15-6-4-3-5-7-15/h3-7,12-14,17H,8-11,19H2,1-2H3,(H,20,23)/t17-/m0/s1. The van der Waals surface area contributed by atoms with Crippen molar-refractivity contribution in [2.45, 2.75) is 39.3 Å². The molecule has 0 saturated heterocycles. The predicted octanol–water partition coefficient (Wildman–Crippen LogP) is 1.96. The van der Waals surface area contributed by atoms with Crippen LogP contribution in [0.4, 0.5) is 0 Å². The Morgan fingerprint density at radius 1 is 1.30 bits per heavy atom. The third kappa shape index (κ3) is 5.87. The number of imidazole rings is 1. The van der Waals surface area contributed by atoms with Crippen molar-refractivity contribution in [1.82, 2.24) is 14.9 Å². The summed E-state index contributed by atoms with van der Waals surface area (Å²) >= 11 is 0. The van der Waals surface area contributed by atoms with Gasteiger partial charge in [-0.25, -0.2) is 4.98 Å². The highest BCUT2D eigenvalue weighted by Gasteiger charge is 2.15. The molecule has 0 unspecified atom stereocenters. The Morgan fingerprint density at radius 3 is 2.74 bits per heavy atom. The Labute approximate surface area is 137 Å². The molecule has 124 valence electrons. The zero-order valence-electron chi connectivity index (χ0n) is 13.9. The van der Waals surface area contributed by atoms with E-state index in [0.717, 1.165) is 18.7 Å². The van der Waals surface area contributed by atoms with Gasteiger partial charge in [0.05, 0.1) is 18.1 Å². The fourth-order valence-electron chi connectivity index (χ4n) is 2.33. The second kappa shape index (κ2) is 8.48. The number of nitrogens with zero attached hydrogens (tertiary/aromatic N) is 2. The van der Waals surface area contributed by atoms with Crippen LogP contribution in [-0.2, 0) is 17.8 Å². The van der Waals surface area contributed by atoms with Gasteiger partial charge >= 0.3 is 0 Å². The van der Waals surface area contributed by atoms with Crippen LogP contribution in [0.2, 0.25) is 0 Å². The molecule has 3 N–H and O–H groups in total. The van der Waals surface area contributed by atoms with Gasteiger partial charge in [-0.3, -0.25) is 4.79 Å². The van der Waals surface area contributed by atoms with E-state index in [-0.39, 0.29) is 5.91 Å². The number of nitrogens with one attached hydrogen (secondary N) is 1. The monoisotopic (exact) mass is 314 g/mol. The number of amides is 1. The zero-order chi connectivity index (χ0) is 16.7. The SMILES string of the molecule is CC(C)CCNC(=O)[C@@H](N)Cc1cn(Cc2ccccc2)cn1. The Kier molecular flexibility index (Phi) is 6.35. The van der Waals surface area contributed by atoms with Crippen LogP contribution in [0.15, 0.2) is 42.9 Å². The summed E-state index contributed by atoms with van der Waals surface area (Å²) in [5.41, 5.74) is 8.02. The van der Waals surface area contributed by atoms with Gasteiger partial charge in [-0.05, 0) is 17.9 Å². The summed E-state index contributed by atoms with van der Waals surface area (Å²) < 4.78 is 2.01. The fourth-order valence-corrected chi connectivity index (χ4v) is 2.33. The topological polar surface area (TPSA) is 72.9 Å². The lowest BCUT2D eigenvalue weighted by atomic mass is 10.1. The number of hydrogen-bond acceptors (Lipinski definition) is 3. The second-order valence-corrected chi connectivity index (χ2v) is 6.31. The molecule has 0 aliphatic rings. The second-order valence-electron chi connectivity index (χ2n) is 6.31. The van der Waals surface area contributed by atoms with Gasteiger partial charge in [-0.2, -0.15) is 0 Å². The molecule has 5 nitrogen and oxygen atoms in total. The number of benzene rings is 1. The maximum absolute atomic E-state index is 12.0. The van der Waals surface area contributed by atoms with Crippen LogP contribution in [0.3, 0.4) is 0 Å². The van der Waals surface area contributed by atoms with Crippen molar-refractivity contribution in [1.29, 1.82) is 0 Å². The molecule has 0 fully saturated rings. The van der Waals surface area contributed by atoms with Crippen molar-refractivity contribution in [2.75, 3.05) is 6.54 Å². The molecule has 2 aromatic rings. The number of hydrogen-bond donors (Lipinski definition) is 2. The quantitative estimate of drug-likeness (QED) is 0.782. The van der Waals surface area contributed by atoms with Gasteiger partial charge in [0.15, 0.2) is 0 Å². The van der Waals surface area contributed by atoms with Crippen molar-refractivity contribution in [3.63, 3.8) is 0 Å². The molecule has 0 spiro atoms. The minimum atomic E-state index is -0.553. The minimum absolute atomic E-state index is 0.108. The van der Waals surface area contributed by atoms with Gasteiger partial charge in [0.25, 0.3) is 0 Å². The largest absolute Gasteiger partial charge is 0.355 e. The number of carbonyl (C=O) groups excluding carboxylic acids is 1. The molecule has 0 aliphatic heterocycles. The summed E-state index contributed by atoms with van der Waals surface area (Å²) in [7, 11) is 0. The zero-order valence-corrected chi connectivity index (χ0v) is 13.9. The van der Waals surface area contributed by atoms with E-state index in [0.29, 0.717) is 18.9 Å². The van der Waals surface area contributed by atoms with E-state index < -0.39 is 6.04 Å². The summed E-state index contributed by atoms with van der Waals surface area (Å²) in [4.78, 5) is 16.3. The van der Waals surface area contributed by atoms with E-state index in [1.165, 1.54) is 5.56 Å². The number of aromatic nitrogens is 2. The van der Waals surface area contributed by atoms with Crippen LogP contribution in [0.1, 0.15) is 31.5 Å². The van der Waals surface area contributed by atoms with Crippen molar-refractivity contribution in [3.05, 3.63) is 54.1 Å². The molecule has 0 aliphatic carbocycles. The van der Waals surface area contributed by atoms with Gasteiger partial charge < -0.3 is 15.6 Å². The van der Waals surface area contributed by atoms with Gasteiger partial charge in [0.2, 0.25) is 5.91 Å². The first-order chi connectivity index (χ1) is 11.0. The van der Waals surface area contributed by atoms with Crippen molar-refractivity contribution in [3.8, 4) is 0 Å². The van der Waals surface area contributed by atoms with Gasteiger partial charge in [0, 0.05) is 25.7 Å². The molecule has 1 heterocycles. The van der Waals surface area contributed by atoms with Crippen LogP contribution in [0.25, 0.3) is 0 Å². The van der Waals surface area contributed by atoms with Gasteiger partial charge in [-0.1, -0.05) is 44.2 Å². The molecular weight excluding hydrogens is 288 g/mol. The third-order valence-electron chi connectivity index (χ3n) is 3.68. The molecule has 0 saturated carbocycles. The molecule has 1 amide bonds. The lowest BCUT2D eigenvalue weighted by Gasteiger charge is -2.12. The van der Waals surface area contributed by atoms with E-state index in [9.17, 15) is 4.79 Å². The van der Waals surface area contributed by atoms with E-state index in [2.05, 4.69) is 36.3 Å². The first-order valence-corrected chi connectivity index (χ1v) is 8.12. The molecule has 1 aromatic carbocycles.